The van der Waals surface area contributed by atoms with Crippen LogP contribution in [0.5, 0.6) is 0 Å². The molecule has 0 spiro atoms. The summed E-state index contributed by atoms with van der Waals surface area (Å²) >= 11 is 0. The quantitative estimate of drug-likeness (QED) is 0.458. The van der Waals surface area contributed by atoms with Crippen molar-refractivity contribution in [3.05, 3.63) is 101 Å². The van der Waals surface area contributed by atoms with Crippen LogP contribution in [0.3, 0.4) is 0 Å². The van der Waals surface area contributed by atoms with Gasteiger partial charge in [0.1, 0.15) is 5.69 Å². The molecule has 0 fully saturated rings. The summed E-state index contributed by atoms with van der Waals surface area (Å²) in [5, 5.41) is 3.23. The Morgan fingerprint density at radius 2 is 1.59 bits per heavy atom. The molecule has 0 saturated carbocycles. The Morgan fingerprint density at radius 1 is 0.941 bits per heavy atom. The van der Waals surface area contributed by atoms with Gasteiger partial charge in [0.25, 0.3) is 0 Å². The molecule has 5 rings (SSSR count). The van der Waals surface area contributed by atoms with E-state index in [1.165, 1.54) is 5.56 Å². The molecule has 2 unspecified atom stereocenters. The number of aryl methyl sites for hydroxylation is 1. The van der Waals surface area contributed by atoms with Crippen molar-refractivity contribution < 1.29 is 14.4 Å². The van der Waals surface area contributed by atoms with Crippen LogP contribution in [0.15, 0.2) is 72.8 Å². The number of quaternary nitrogens is 1. The summed E-state index contributed by atoms with van der Waals surface area (Å²) in [7, 11) is 1.69. The van der Waals surface area contributed by atoms with Gasteiger partial charge in [-0.1, -0.05) is 55.5 Å². The standard InChI is InChI=1S/C29H28N2O3/c1-19(16-20-8-4-3-5-9-20)27(32)30-23-14-12-22-18-24(15-13-21(22)17-23)31(2)28(33)25-10-6-7-11-26(25)29(31)34/h3-11,13,15,18-19,23H,12,14,16-17H2,1-2H3/p+1. The number of rotatable bonds is 5. The molecule has 1 aliphatic carbocycles. The predicted molar refractivity (Wildman–Crippen MR) is 133 cm³/mol. The van der Waals surface area contributed by atoms with Gasteiger partial charge >= 0.3 is 11.8 Å². The van der Waals surface area contributed by atoms with Crippen molar-refractivity contribution in [1.82, 2.24) is 9.80 Å². The molecular weight excluding hydrogens is 424 g/mol. The van der Waals surface area contributed by atoms with Crippen LogP contribution in [0, 0.1) is 5.92 Å². The van der Waals surface area contributed by atoms with Crippen molar-refractivity contribution in [2.75, 3.05) is 7.05 Å². The first-order valence-corrected chi connectivity index (χ1v) is 11.9. The first kappa shape index (κ1) is 22.2. The number of benzene rings is 3. The zero-order chi connectivity index (χ0) is 23.9. The molecule has 0 saturated heterocycles. The lowest BCUT2D eigenvalue weighted by Crippen LogP contribution is -2.50. The van der Waals surface area contributed by atoms with E-state index in [4.69, 9.17) is 0 Å². The largest absolute Gasteiger partial charge is 0.359 e. The van der Waals surface area contributed by atoms with Crippen molar-refractivity contribution in [3.8, 4) is 0 Å². The highest BCUT2D eigenvalue weighted by molar-refractivity contribution is 6.29. The fourth-order valence-electron chi connectivity index (χ4n) is 5.21. The van der Waals surface area contributed by atoms with Gasteiger partial charge in [-0.2, -0.15) is 4.48 Å². The average molecular weight is 454 g/mol. The lowest BCUT2D eigenvalue weighted by molar-refractivity contribution is -0.125. The second-order valence-electron chi connectivity index (χ2n) is 9.65. The fourth-order valence-corrected chi connectivity index (χ4v) is 5.21. The molecule has 172 valence electrons. The minimum Gasteiger partial charge on any atom is -0.353 e. The van der Waals surface area contributed by atoms with E-state index in [9.17, 15) is 14.4 Å². The Kier molecular flexibility index (Phi) is 5.66. The van der Waals surface area contributed by atoms with E-state index in [2.05, 4.69) is 17.4 Å². The summed E-state index contributed by atoms with van der Waals surface area (Å²) in [5.74, 6) is -0.384. The van der Waals surface area contributed by atoms with E-state index < -0.39 is 0 Å². The number of hydrogen-bond acceptors (Lipinski definition) is 3. The Morgan fingerprint density at radius 3 is 2.26 bits per heavy atom. The smallest absolute Gasteiger partial charge is 0.353 e. The lowest BCUT2D eigenvalue weighted by Gasteiger charge is -2.29. The first-order valence-electron chi connectivity index (χ1n) is 11.9. The molecule has 5 nitrogen and oxygen atoms in total. The number of hydrogen-bond donors (Lipinski definition) is 1. The maximum absolute atomic E-state index is 13.2. The van der Waals surface area contributed by atoms with Crippen LogP contribution in [0.2, 0.25) is 0 Å². The molecule has 5 heteroatoms. The molecule has 3 amide bonds. The Labute approximate surface area is 200 Å². The molecular formula is C29H29N2O3+. The second-order valence-corrected chi connectivity index (χ2v) is 9.65. The molecule has 2 aliphatic rings. The van der Waals surface area contributed by atoms with Crippen molar-refractivity contribution in [2.24, 2.45) is 5.92 Å². The number of nitrogens with one attached hydrogen (secondary N) is 1. The van der Waals surface area contributed by atoms with E-state index in [1.807, 2.05) is 43.3 Å². The van der Waals surface area contributed by atoms with Crippen LogP contribution in [0.1, 0.15) is 50.8 Å². The predicted octanol–water partition coefficient (Wildman–Crippen LogP) is 4.47. The molecule has 3 aromatic rings. The summed E-state index contributed by atoms with van der Waals surface area (Å²) < 4.78 is -0.357. The third-order valence-electron chi connectivity index (χ3n) is 7.31. The highest BCUT2D eigenvalue weighted by atomic mass is 16.2. The molecule has 0 aromatic heterocycles. The summed E-state index contributed by atoms with van der Waals surface area (Å²) in [4.78, 5) is 39.1. The maximum atomic E-state index is 13.2. The van der Waals surface area contributed by atoms with Gasteiger partial charge in [-0.25, -0.2) is 9.59 Å². The zero-order valence-electron chi connectivity index (χ0n) is 19.6. The molecule has 0 radical (unpaired) electrons. The highest BCUT2D eigenvalue weighted by Gasteiger charge is 2.52. The van der Waals surface area contributed by atoms with Crippen LogP contribution < -0.4 is 9.80 Å². The number of carbonyl (C=O) groups excluding carboxylic acids is 3. The van der Waals surface area contributed by atoms with Crippen molar-refractivity contribution >= 4 is 23.4 Å². The Bertz CT molecular complexity index is 1250. The van der Waals surface area contributed by atoms with Gasteiger partial charge in [-0.15, -0.1) is 0 Å². The number of imide groups is 1. The van der Waals surface area contributed by atoms with Gasteiger partial charge in [0.15, 0.2) is 0 Å². The highest BCUT2D eigenvalue weighted by Crippen LogP contribution is 2.36. The number of amides is 3. The van der Waals surface area contributed by atoms with E-state index in [0.717, 1.165) is 36.8 Å². The Balaban J connectivity index is 1.29. The number of carbonyl (C=O) groups is 3. The van der Waals surface area contributed by atoms with Gasteiger partial charge in [-0.3, -0.25) is 4.79 Å². The molecule has 1 aliphatic heterocycles. The third kappa shape index (κ3) is 3.76. The van der Waals surface area contributed by atoms with Crippen molar-refractivity contribution in [3.63, 3.8) is 0 Å². The summed E-state index contributed by atoms with van der Waals surface area (Å²) in [5.41, 5.74) is 5.15. The average Bonchev–Trinajstić information content (AvgIpc) is 3.06. The zero-order valence-corrected chi connectivity index (χ0v) is 19.6. The summed E-state index contributed by atoms with van der Waals surface area (Å²) in [6.45, 7) is 1.97. The SMILES string of the molecule is CC(Cc1ccccc1)C(=O)NC1CCc2cc([N+]3(C)C(=O)c4ccccc4C3=O)ccc2C1. The first-order chi connectivity index (χ1) is 16.4. The van der Waals surface area contributed by atoms with Gasteiger partial charge in [-0.05, 0) is 54.5 Å². The van der Waals surface area contributed by atoms with Crippen LogP contribution in [0.4, 0.5) is 5.69 Å². The minimum atomic E-state index is -0.357. The Hall–Kier alpha value is -3.57. The summed E-state index contributed by atoms with van der Waals surface area (Å²) in [6, 6.07) is 23.1. The number of fused-ring (bicyclic) bond motifs is 2. The summed E-state index contributed by atoms with van der Waals surface area (Å²) in [6.07, 6.45) is 3.12. The maximum Gasteiger partial charge on any atom is 0.359 e. The topological polar surface area (TPSA) is 63.2 Å². The minimum absolute atomic E-state index is 0.0815. The molecule has 2 atom stereocenters. The molecule has 0 bridgehead atoms. The van der Waals surface area contributed by atoms with Crippen molar-refractivity contribution in [1.29, 1.82) is 0 Å². The normalized spacial score (nSPS) is 19.3. The molecule has 3 aromatic carbocycles. The fraction of sp³-hybridized carbons (Fsp3) is 0.276. The van der Waals surface area contributed by atoms with Crippen molar-refractivity contribution in [2.45, 2.75) is 38.6 Å². The third-order valence-corrected chi connectivity index (χ3v) is 7.31. The van der Waals surface area contributed by atoms with Crippen LogP contribution in [0.25, 0.3) is 0 Å². The second kappa shape index (κ2) is 8.65. The van der Waals surface area contributed by atoms with Gasteiger partial charge < -0.3 is 5.32 Å². The molecule has 1 N–H and O–H groups in total. The lowest BCUT2D eigenvalue weighted by atomic mass is 9.87. The van der Waals surface area contributed by atoms with E-state index in [0.29, 0.717) is 16.8 Å². The van der Waals surface area contributed by atoms with E-state index in [-0.39, 0.29) is 34.2 Å². The van der Waals surface area contributed by atoms with Crippen LogP contribution >= 0.6 is 0 Å². The monoisotopic (exact) mass is 453 g/mol. The molecule has 1 heterocycles. The molecule has 34 heavy (non-hydrogen) atoms. The van der Waals surface area contributed by atoms with Gasteiger partial charge in [0.05, 0.1) is 18.2 Å². The van der Waals surface area contributed by atoms with Crippen LogP contribution in [-0.2, 0) is 24.1 Å². The van der Waals surface area contributed by atoms with Gasteiger partial charge in [0.2, 0.25) is 5.91 Å². The van der Waals surface area contributed by atoms with Crippen LogP contribution in [-0.4, -0.2) is 30.8 Å². The van der Waals surface area contributed by atoms with Gasteiger partial charge in [0, 0.05) is 24.1 Å². The number of nitrogens with zero attached hydrogens (tertiary/aromatic N) is 1. The van der Waals surface area contributed by atoms with E-state index in [1.54, 1.807) is 31.3 Å². The van der Waals surface area contributed by atoms with E-state index >= 15 is 0 Å².